The second-order valence-electron chi connectivity index (χ2n) is 14.1. The maximum atomic E-state index is 12.8. The molecule has 266 valence electrons. The van der Waals surface area contributed by atoms with Gasteiger partial charge in [-0.05, 0) is 108 Å². The molecule has 0 aliphatic rings. The van der Waals surface area contributed by atoms with Gasteiger partial charge in [0.15, 0.2) is 11.6 Å². The molecular weight excluding hydrogens is 669 g/mol. The van der Waals surface area contributed by atoms with Crippen molar-refractivity contribution in [2.45, 2.75) is 25.7 Å². The van der Waals surface area contributed by atoms with E-state index >= 15 is 0 Å². The summed E-state index contributed by atoms with van der Waals surface area (Å²) in [6, 6.07) is 45.6. The highest BCUT2D eigenvalue weighted by molar-refractivity contribution is 6.11. The first kappa shape index (κ1) is 34.7. The van der Waals surface area contributed by atoms with Crippen molar-refractivity contribution in [3.63, 3.8) is 0 Å². The second-order valence-corrected chi connectivity index (χ2v) is 14.1. The maximum absolute atomic E-state index is 12.8. The first-order valence-electron chi connectivity index (χ1n) is 18.1. The van der Waals surface area contributed by atoms with Gasteiger partial charge in [-0.3, -0.25) is 9.59 Å². The molecule has 0 aliphatic heterocycles. The molecule has 2 unspecified atom stereocenters. The van der Waals surface area contributed by atoms with Crippen molar-refractivity contribution < 1.29 is 19.8 Å². The van der Waals surface area contributed by atoms with Gasteiger partial charge in [-0.1, -0.05) is 86.0 Å². The molecule has 54 heavy (non-hydrogen) atoms. The smallest absolute Gasteiger partial charge is 0.167 e. The van der Waals surface area contributed by atoms with Crippen LogP contribution in [0.1, 0.15) is 36.8 Å². The van der Waals surface area contributed by atoms with Gasteiger partial charge in [-0.25, -0.2) is 0 Å². The standard InChI is InChI=1S/C48H40N2O4/c1-29(2)47(53)41(27-51)33-17-23-45-39(25-33)37-9-5-7-11-43(37)49(45)35-19-13-31(14-20-35)32-15-21-36(22-16-32)50-44-12-8-6-10-38(44)40-26-34(18-24-46(40)50)42(28-52)48(54)30(3)4/h5-26,41-42,51-52H,1,3,27-28H2,2,4H3. The molecule has 6 aromatic carbocycles. The summed E-state index contributed by atoms with van der Waals surface area (Å²) in [4.78, 5) is 25.6. The Morgan fingerprint density at radius 2 is 0.852 bits per heavy atom. The summed E-state index contributed by atoms with van der Waals surface area (Å²) in [7, 11) is 0. The molecule has 8 rings (SSSR count). The number of aliphatic hydroxyl groups excluding tert-OH is 2. The zero-order valence-corrected chi connectivity index (χ0v) is 30.3. The highest BCUT2D eigenvalue weighted by Crippen LogP contribution is 2.37. The monoisotopic (exact) mass is 708 g/mol. The van der Waals surface area contributed by atoms with Crippen LogP contribution in [0, 0.1) is 0 Å². The number of allylic oxidation sites excluding steroid dienone is 2. The van der Waals surface area contributed by atoms with Crippen LogP contribution in [0.25, 0.3) is 66.1 Å². The van der Waals surface area contributed by atoms with Crippen molar-refractivity contribution in [1.29, 1.82) is 0 Å². The first-order chi connectivity index (χ1) is 26.2. The fraction of sp³-hybridized carbons (Fsp3) is 0.125. The number of benzene rings is 6. The van der Waals surface area contributed by atoms with Gasteiger partial charge in [0.05, 0.1) is 47.1 Å². The normalized spacial score (nSPS) is 12.7. The zero-order valence-electron chi connectivity index (χ0n) is 30.3. The van der Waals surface area contributed by atoms with Gasteiger partial charge in [0.1, 0.15) is 0 Å². The van der Waals surface area contributed by atoms with E-state index in [1.807, 2.05) is 60.7 Å². The van der Waals surface area contributed by atoms with E-state index in [-0.39, 0.29) is 24.8 Å². The summed E-state index contributed by atoms with van der Waals surface area (Å²) in [6.45, 7) is 10.4. The minimum Gasteiger partial charge on any atom is -0.395 e. The third-order valence-corrected chi connectivity index (χ3v) is 10.6. The minimum atomic E-state index is -0.647. The number of hydrogen-bond acceptors (Lipinski definition) is 4. The van der Waals surface area contributed by atoms with Gasteiger partial charge in [0.2, 0.25) is 0 Å². The Morgan fingerprint density at radius 3 is 1.20 bits per heavy atom. The molecule has 2 heterocycles. The number of Topliss-reactive ketones (excluding diaryl/α,β-unsaturated/α-hetero) is 2. The van der Waals surface area contributed by atoms with Crippen molar-refractivity contribution in [2.24, 2.45) is 0 Å². The van der Waals surface area contributed by atoms with Crippen molar-refractivity contribution in [3.8, 4) is 22.5 Å². The van der Waals surface area contributed by atoms with Crippen LogP contribution in [-0.4, -0.2) is 44.1 Å². The Bertz CT molecular complexity index is 2590. The molecular formula is C48H40N2O4. The fourth-order valence-electron chi connectivity index (χ4n) is 7.85. The van der Waals surface area contributed by atoms with Crippen molar-refractivity contribution in [2.75, 3.05) is 13.2 Å². The number of para-hydroxylation sites is 2. The van der Waals surface area contributed by atoms with Gasteiger partial charge in [-0.2, -0.15) is 0 Å². The quantitative estimate of drug-likeness (QED) is 0.131. The Kier molecular flexibility index (Phi) is 8.94. The summed E-state index contributed by atoms with van der Waals surface area (Å²) < 4.78 is 4.47. The van der Waals surface area contributed by atoms with Gasteiger partial charge in [0, 0.05) is 32.9 Å². The lowest BCUT2D eigenvalue weighted by Gasteiger charge is -2.14. The predicted octanol–water partition coefficient (Wildman–Crippen LogP) is 9.99. The number of rotatable bonds is 11. The SMILES string of the molecule is C=C(C)C(=O)C(CO)c1ccc2c(c1)c1ccccc1n2-c1ccc(-c2ccc(-n3c4ccccc4c4cc(C(CO)C(=O)C(=C)C)ccc43)cc2)cc1. The highest BCUT2D eigenvalue weighted by Gasteiger charge is 2.24. The third-order valence-electron chi connectivity index (χ3n) is 10.6. The highest BCUT2D eigenvalue weighted by atomic mass is 16.3. The van der Waals surface area contributed by atoms with Crippen LogP contribution < -0.4 is 0 Å². The zero-order chi connectivity index (χ0) is 37.7. The second kappa shape index (κ2) is 13.9. The summed E-state index contributed by atoms with van der Waals surface area (Å²) >= 11 is 0. The number of aromatic nitrogens is 2. The van der Waals surface area contributed by atoms with Crippen LogP contribution >= 0.6 is 0 Å². The molecule has 8 aromatic rings. The van der Waals surface area contributed by atoms with E-state index in [1.165, 1.54) is 0 Å². The summed E-state index contributed by atoms with van der Waals surface area (Å²) in [5.41, 5.74) is 10.8. The Hall–Kier alpha value is -6.34. The molecule has 6 heteroatoms. The lowest BCUT2D eigenvalue weighted by atomic mass is 9.91. The third kappa shape index (κ3) is 5.77. The molecule has 0 radical (unpaired) electrons. The number of carbonyl (C=O) groups is 2. The summed E-state index contributed by atoms with van der Waals surface area (Å²) in [5.74, 6) is -1.60. The molecule has 2 atom stereocenters. The molecule has 2 N–H and O–H groups in total. The summed E-state index contributed by atoms with van der Waals surface area (Å²) in [6.07, 6.45) is 0. The van der Waals surface area contributed by atoms with Crippen molar-refractivity contribution in [1.82, 2.24) is 9.13 Å². The predicted molar refractivity (Wildman–Crippen MR) is 220 cm³/mol. The number of carbonyl (C=O) groups excluding carboxylic acids is 2. The van der Waals surface area contributed by atoms with E-state index in [1.54, 1.807) is 13.8 Å². The number of hydrogen-bond donors (Lipinski definition) is 2. The van der Waals surface area contributed by atoms with E-state index in [0.29, 0.717) is 11.1 Å². The molecule has 6 nitrogen and oxygen atoms in total. The molecule has 0 aliphatic carbocycles. The van der Waals surface area contributed by atoms with Crippen LogP contribution in [0.4, 0.5) is 0 Å². The number of ketones is 2. The van der Waals surface area contributed by atoms with Crippen LogP contribution in [-0.2, 0) is 9.59 Å². The van der Waals surface area contributed by atoms with E-state index in [4.69, 9.17) is 0 Å². The van der Waals surface area contributed by atoms with Crippen LogP contribution in [0.5, 0.6) is 0 Å². The maximum Gasteiger partial charge on any atom is 0.167 e. The number of aliphatic hydroxyl groups is 2. The van der Waals surface area contributed by atoms with Gasteiger partial charge >= 0.3 is 0 Å². The van der Waals surface area contributed by atoms with Gasteiger partial charge in [-0.15, -0.1) is 0 Å². The lowest BCUT2D eigenvalue weighted by Crippen LogP contribution is -2.16. The molecule has 2 aromatic heterocycles. The number of fused-ring (bicyclic) bond motifs is 6. The molecule has 0 bridgehead atoms. The summed E-state index contributed by atoms with van der Waals surface area (Å²) in [5, 5.41) is 24.4. The Labute approximate surface area is 313 Å². The van der Waals surface area contributed by atoms with Crippen molar-refractivity contribution >= 4 is 55.2 Å². The van der Waals surface area contributed by atoms with E-state index in [0.717, 1.165) is 77.2 Å². The Morgan fingerprint density at radius 1 is 0.500 bits per heavy atom. The average Bonchev–Trinajstić information content (AvgIpc) is 3.71. The van der Waals surface area contributed by atoms with Gasteiger partial charge in [0.25, 0.3) is 0 Å². The van der Waals surface area contributed by atoms with E-state index < -0.39 is 11.8 Å². The first-order valence-corrected chi connectivity index (χ1v) is 18.1. The molecule has 0 saturated carbocycles. The van der Waals surface area contributed by atoms with Crippen LogP contribution in [0.3, 0.4) is 0 Å². The lowest BCUT2D eigenvalue weighted by molar-refractivity contribution is -0.118. The molecule has 0 saturated heterocycles. The molecule has 0 amide bonds. The van der Waals surface area contributed by atoms with E-state index in [9.17, 15) is 19.8 Å². The fourth-order valence-corrected chi connectivity index (χ4v) is 7.85. The minimum absolute atomic E-state index is 0.154. The molecule has 0 spiro atoms. The van der Waals surface area contributed by atoms with Crippen molar-refractivity contribution in [3.05, 3.63) is 169 Å². The number of nitrogens with zero attached hydrogens (tertiary/aromatic N) is 2. The van der Waals surface area contributed by atoms with Crippen LogP contribution in [0.15, 0.2) is 158 Å². The average molecular weight is 709 g/mol. The van der Waals surface area contributed by atoms with Crippen LogP contribution in [0.2, 0.25) is 0 Å². The van der Waals surface area contributed by atoms with E-state index in [2.05, 4.69) is 95.1 Å². The van der Waals surface area contributed by atoms with Gasteiger partial charge < -0.3 is 19.3 Å². The Balaban J connectivity index is 1.14. The molecule has 0 fully saturated rings. The largest absolute Gasteiger partial charge is 0.395 e. The topological polar surface area (TPSA) is 84.5 Å².